The highest BCUT2D eigenvalue weighted by Crippen LogP contribution is 2.30. The van der Waals surface area contributed by atoms with Crippen LogP contribution in [-0.2, 0) is 0 Å². The molecule has 0 radical (unpaired) electrons. The van der Waals surface area contributed by atoms with Gasteiger partial charge in [0.15, 0.2) is 0 Å². The average molecular weight is 393 g/mol. The van der Waals surface area contributed by atoms with E-state index in [-0.39, 0.29) is 17.9 Å². The second-order valence-corrected chi connectivity index (χ2v) is 7.69. The Bertz CT molecular complexity index is 1050. The zero-order valence-corrected chi connectivity index (χ0v) is 16.3. The van der Waals surface area contributed by atoms with E-state index in [4.69, 9.17) is 0 Å². The summed E-state index contributed by atoms with van der Waals surface area (Å²) in [6.07, 6.45) is 5.39. The third-order valence-electron chi connectivity index (χ3n) is 5.47. The molecule has 0 aliphatic heterocycles. The third kappa shape index (κ3) is 4.16. The molecule has 29 heavy (non-hydrogen) atoms. The summed E-state index contributed by atoms with van der Waals surface area (Å²) in [7, 11) is 0. The number of aromatic amines is 1. The van der Waals surface area contributed by atoms with Crippen LogP contribution in [0.3, 0.4) is 0 Å². The van der Waals surface area contributed by atoms with Crippen molar-refractivity contribution < 1.29 is 14.0 Å². The molecule has 1 aliphatic rings. The molecule has 6 heteroatoms. The Hall–Kier alpha value is -3.15. The van der Waals surface area contributed by atoms with Gasteiger partial charge in [0.25, 0.3) is 11.8 Å². The van der Waals surface area contributed by atoms with Gasteiger partial charge in [0.2, 0.25) is 0 Å². The van der Waals surface area contributed by atoms with E-state index in [1.807, 2.05) is 25.1 Å². The molecule has 0 saturated heterocycles. The number of nitrogens with one attached hydrogen (secondary N) is 3. The number of hydrogen-bond acceptors (Lipinski definition) is 2. The Morgan fingerprint density at radius 1 is 1.00 bits per heavy atom. The summed E-state index contributed by atoms with van der Waals surface area (Å²) < 4.78 is 13.2. The normalized spacial score (nSPS) is 14.7. The van der Waals surface area contributed by atoms with Gasteiger partial charge in [-0.2, -0.15) is 0 Å². The molecule has 2 amide bonds. The highest BCUT2D eigenvalue weighted by atomic mass is 19.1. The minimum atomic E-state index is -0.406. The van der Waals surface area contributed by atoms with Crippen LogP contribution in [0.5, 0.6) is 0 Å². The van der Waals surface area contributed by atoms with Gasteiger partial charge in [-0.25, -0.2) is 4.39 Å². The molecule has 0 atom stereocenters. The first kappa shape index (κ1) is 19.2. The lowest BCUT2D eigenvalue weighted by Gasteiger charge is -2.22. The van der Waals surface area contributed by atoms with Crippen LogP contribution in [0.25, 0.3) is 10.9 Å². The summed E-state index contributed by atoms with van der Waals surface area (Å²) in [6.45, 7) is 1.96. The summed E-state index contributed by atoms with van der Waals surface area (Å²) in [4.78, 5) is 28.9. The summed E-state index contributed by atoms with van der Waals surface area (Å²) in [5.41, 5.74) is 2.91. The first-order valence-corrected chi connectivity index (χ1v) is 10.0. The lowest BCUT2D eigenvalue weighted by molar-refractivity contribution is 0.0924. The van der Waals surface area contributed by atoms with Gasteiger partial charge in [0.05, 0.1) is 5.69 Å². The van der Waals surface area contributed by atoms with Gasteiger partial charge in [-0.3, -0.25) is 9.59 Å². The Morgan fingerprint density at radius 2 is 1.72 bits per heavy atom. The fourth-order valence-corrected chi connectivity index (χ4v) is 3.90. The summed E-state index contributed by atoms with van der Waals surface area (Å²) in [5, 5.41) is 6.73. The predicted octanol–water partition coefficient (Wildman–Crippen LogP) is 4.93. The van der Waals surface area contributed by atoms with Crippen molar-refractivity contribution in [2.45, 2.75) is 45.1 Å². The maximum Gasteiger partial charge on any atom is 0.270 e. The first-order valence-electron chi connectivity index (χ1n) is 10.0. The number of anilines is 1. The predicted molar refractivity (Wildman–Crippen MR) is 112 cm³/mol. The molecule has 0 unspecified atom stereocenters. The van der Waals surface area contributed by atoms with Gasteiger partial charge < -0.3 is 15.6 Å². The number of carbonyl (C=O) groups excluding carboxylic acids is 2. The van der Waals surface area contributed by atoms with E-state index < -0.39 is 5.82 Å². The van der Waals surface area contributed by atoms with E-state index in [1.165, 1.54) is 30.7 Å². The number of carbonyl (C=O) groups is 2. The molecule has 1 heterocycles. The minimum absolute atomic E-state index is 0.157. The van der Waals surface area contributed by atoms with Gasteiger partial charge in [-0.05, 0) is 56.2 Å². The highest BCUT2D eigenvalue weighted by molar-refractivity contribution is 6.15. The topological polar surface area (TPSA) is 74.0 Å². The molecule has 150 valence electrons. The van der Waals surface area contributed by atoms with E-state index in [2.05, 4.69) is 15.6 Å². The van der Waals surface area contributed by atoms with Crippen LogP contribution in [0.15, 0.2) is 42.5 Å². The summed E-state index contributed by atoms with van der Waals surface area (Å²) in [6, 6.07) is 11.3. The highest BCUT2D eigenvalue weighted by Gasteiger charge is 2.23. The van der Waals surface area contributed by atoms with Crippen LogP contribution in [0.1, 0.15) is 58.5 Å². The summed E-state index contributed by atoms with van der Waals surface area (Å²) >= 11 is 0. The van der Waals surface area contributed by atoms with Gasteiger partial charge in [-0.1, -0.05) is 30.9 Å². The fourth-order valence-electron chi connectivity index (χ4n) is 3.90. The Morgan fingerprint density at radius 3 is 2.45 bits per heavy atom. The molecule has 1 saturated carbocycles. The lowest BCUT2D eigenvalue weighted by Crippen LogP contribution is -2.36. The number of benzene rings is 2. The molecular weight excluding hydrogens is 369 g/mol. The number of amides is 2. The van der Waals surface area contributed by atoms with Crippen molar-refractivity contribution in [1.29, 1.82) is 0 Å². The van der Waals surface area contributed by atoms with Crippen molar-refractivity contribution in [2.75, 3.05) is 5.32 Å². The van der Waals surface area contributed by atoms with Crippen molar-refractivity contribution in [3.63, 3.8) is 0 Å². The van der Waals surface area contributed by atoms with E-state index in [1.54, 1.807) is 0 Å². The molecule has 2 aromatic carbocycles. The molecule has 0 bridgehead atoms. The maximum absolute atomic E-state index is 13.2. The summed E-state index contributed by atoms with van der Waals surface area (Å²) in [5.74, 6) is -1.02. The third-order valence-corrected chi connectivity index (χ3v) is 5.47. The second-order valence-electron chi connectivity index (χ2n) is 7.69. The van der Waals surface area contributed by atoms with E-state index >= 15 is 0 Å². The Balaban J connectivity index is 1.67. The number of fused-ring (bicyclic) bond motifs is 1. The number of aryl methyl sites for hydroxylation is 1. The van der Waals surface area contributed by atoms with Crippen molar-refractivity contribution in [1.82, 2.24) is 10.3 Å². The number of rotatable bonds is 4. The van der Waals surface area contributed by atoms with Crippen LogP contribution in [0, 0.1) is 12.7 Å². The second kappa shape index (κ2) is 8.07. The Kier molecular flexibility index (Phi) is 5.34. The molecule has 3 aromatic rings. The number of H-pyrrole nitrogens is 1. The smallest absolute Gasteiger partial charge is 0.270 e. The molecule has 5 nitrogen and oxygen atoms in total. The van der Waals surface area contributed by atoms with Crippen LogP contribution >= 0.6 is 0 Å². The maximum atomic E-state index is 13.2. The van der Waals surface area contributed by atoms with E-state index in [9.17, 15) is 14.0 Å². The first-order chi connectivity index (χ1) is 14.0. The zero-order valence-electron chi connectivity index (χ0n) is 16.3. The fraction of sp³-hybridized carbons (Fsp3) is 0.304. The standard InChI is InChI=1S/C23H24FN3O2/c1-14-7-12-19-18(13-14)20(27-22(28)15-8-10-16(24)11-9-15)21(26-19)23(29)25-17-5-3-2-4-6-17/h7-13,17,26H,2-6H2,1H3,(H,25,29)(H,27,28). The number of hydrogen-bond donors (Lipinski definition) is 3. The molecule has 0 spiro atoms. The van der Waals surface area contributed by atoms with Crippen LogP contribution < -0.4 is 10.6 Å². The van der Waals surface area contributed by atoms with Gasteiger partial charge >= 0.3 is 0 Å². The molecular formula is C23H24FN3O2. The molecule has 1 aromatic heterocycles. The average Bonchev–Trinajstić information content (AvgIpc) is 3.07. The van der Waals surface area contributed by atoms with Crippen LogP contribution in [0.2, 0.25) is 0 Å². The Labute approximate surface area is 168 Å². The van der Waals surface area contributed by atoms with Crippen LogP contribution in [-0.4, -0.2) is 22.8 Å². The monoisotopic (exact) mass is 393 g/mol. The van der Waals surface area contributed by atoms with Gasteiger partial charge in [-0.15, -0.1) is 0 Å². The number of aromatic nitrogens is 1. The molecule has 1 aliphatic carbocycles. The van der Waals surface area contributed by atoms with Crippen LogP contribution in [0.4, 0.5) is 10.1 Å². The van der Waals surface area contributed by atoms with Crippen molar-refractivity contribution in [3.8, 4) is 0 Å². The van der Waals surface area contributed by atoms with Gasteiger partial charge in [0.1, 0.15) is 11.5 Å². The minimum Gasteiger partial charge on any atom is -0.349 e. The van der Waals surface area contributed by atoms with E-state index in [0.29, 0.717) is 16.9 Å². The van der Waals surface area contributed by atoms with Gasteiger partial charge in [0, 0.05) is 22.5 Å². The van der Waals surface area contributed by atoms with Crippen molar-refractivity contribution in [2.24, 2.45) is 0 Å². The van der Waals surface area contributed by atoms with Crippen molar-refractivity contribution >= 4 is 28.4 Å². The molecule has 4 rings (SSSR count). The SMILES string of the molecule is Cc1ccc2[nH]c(C(=O)NC3CCCCC3)c(NC(=O)c3ccc(F)cc3)c2c1. The lowest BCUT2D eigenvalue weighted by atomic mass is 9.95. The molecule has 3 N–H and O–H groups in total. The zero-order chi connectivity index (χ0) is 20.4. The van der Waals surface area contributed by atoms with E-state index in [0.717, 1.165) is 42.1 Å². The quantitative estimate of drug-likeness (QED) is 0.588. The largest absolute Gasteiger partial charge is 0.349 e. The van der Waals surface area contributed by atoms with Crippen molar-refractivity contribution in [3.05, 3.63) is 65.1 Å². The number of halogens is 1. The molecule has 1 fully saturated rings.